The smallest absolute Gasteiger partial charge is 0.335 e. The minimum atomic E-state index is -2.27. The van der Waals surface area contributed by atoms with E-state index in [-0.39, 0.29) is 5.91 Å². The zero-order valence-electron chi connectivity index (χ0n) is 20.2. The molecular formula is C25H27ClN4O7S. The molecule has 0 bridgehead atoms. The molecule has 3 heterocycles. The molecule has 2 unspecified atom stereocenters. The minimum Gasteiger partial charge on any atom is -0.479 e. The highest BCUT2D eigenvalue weighted by atomic mass is 35.5. The van der Waals surface area contributed by atoms with Gasteiger partial charge in [-0.15, -0.1) is 0 Å². The van der Waals surface area contributed by atoms with Crippen LogP contribution in [0.1, 0.15) is 11.1 Å². The number of fused-ring (bicyclic) bond motifs is 2. The van der Waals surface area contributed by atoms with Gasteiger partial charge in [0.25, 0.3) is 0 Å². The number of nitrogens with zero attached hydrogens (tertiary/aromatic N) is 3. The van der Waals surface area contributed by atoms with Crippen molar-refractivity contribution in [3.63, 3.8) is 0 Å². The van der Waals surface area contributed by atoms with Gasteiger partial charge in [-0.25, -0.2) is 9.59 Å². The molecule has 1 amide bonds. The molecule has 38 heavy (non-hydrogen) atoms. The molecule has 11 nitrogen and oxygen atoms in total. The molecule has 0 saturated carbocycles. The lowest BCUT2D eigenvalue weighted by molar-refractivity contribution is -0.165. The number of carbonyl (C=O) groups excluding carboxylic acids is 1. The summed E-state index contributed by atoms with van der Waals surface area (Å²) in [7, 11) is 0. The second-order valence-electron chi connectivity index (χ2n) is 8.97. The van der Waals surface area contributed by atoms with E-state index in [4.69, 9.17) is 32.0 Å². The molecule has 2 aliphatic heterocycles. The summed E-state index contributed by atoms with van der Waals surface area (Å²) in [5.74, 6) is -2.36. The first-order chi connectivity index (χ1) is 18.1. The molecule has 3 aromatic rings. The fourth-order valence-electron chi connectivity index (χ4n) is 4.32. The normalized spacial score (nSPS) is 16.8. The Bertz CT molecular complexity index is 1320. The van der Waals surface area contributed by atoms with Gasteiger partial charge in [0.2, 0.25) is 5.91 Å². The lowest BCUT2D eigenvalue weighted by Gasteiger charge is -2.35. The van der Waals surface area contributed by atoms with Gasteiger partial charge in [-0.05, 0) is 47.3 Å². The van der Waals surface area contributed by atoms with Gasteiger partial charge in [-0.1, -0.05) is 29.8 Å². The first-order valence-corrected chi connectivity index (χ1v) is 13.0. The van der Waals surface area contributed by atoms with Crippen molar-refractivity contribution in [2.45, 2.75) is 25.0 Å². The number of aliphatic hydroxyl groups is 2. The lowest BCUT2D eigenvalue weighted by Crippen LogP contribution is -2.47. The highest BCUT2D eigenvalue weighted by Crippen LogP contribution is 2.31. The Balaban J connectivity index is 0.000000289. The molecule has 1 saturated heterocycles. The van der Waals surface area contributed by atoms with Gasteiger partial charge >= 0.3 is 11.9 Å². The minimum absolute atomic E-state index is 0.0499. The predicted molar refractivity (Wildman–Crippen MR) is 143 cm³/mol. The molecule has 13 heteroatoms. The second kappa shape index (κ2) is 12.0. The van der Waals surface area contributed by atoms with E-state index in [1.165, 1.54) is 10.1 Å². The van der Waals surface area contributed by atoms with Crippen molar-refractivity contribution < 1.29 is 34.8 Å². The predicted octanol–water partition coefficient (Wildman–Crippen LogP) is 1.69. The largest absolute Gasteiger partial charge is 0.479 e. The van der Waals surface area contributed by atoms with Crippen molar-refractivity contribution in [2.75, 3.05) is 42.9 Å². The van der Waals surface area contributed by atoms with Crippen LogP contribution in [0.2, 0.25) is 5.02 Å². The van der Waals surface area contributed by atoms with Gasteiger partial charge in [-0.3, -0.25) is 9.69 Å². The van der Waals surface area contributed by atoms with E-state index < -0.39 is 24.1 Å². The van der Waals surface area contributed by atoms with Crippen LogP contribution < -0.4 is 10.2 Å². The van der Waals surface area contributed by atoms with Crippen molar-refractivity contribution in [2.24, 2.45) is 0 Å². The maximum absolute atomic E-state index is 11.6. The zero-order chi connectivity index (χ0) is 27.4. The van der Waals surface area contributed by atoms with E-state index in [9.17, 15) is 14.4 Å². The number of aliphatic hydroxyl groups excluding tert-OH is 2. The summed E-state index contributed by atoms with van der Waals surface area (Å²) >= 11 is 8.01. The molecule has 1 aromatic heterocycles. The van der Waals surface area contributed by atoms with Crippen LogP contribution in [0.15, 0.2) is 36.4 Å². The number of piperazine rings is 1. The summed E-state index contributed by atoms with van der Waals surface area (Å²) in [4.78, 5) is 36.0. The van der Waals surface area contributed by atoms with Gasteiger partial charge in [0.1, 0.15) is 5.82 Å². The van der Waals surface area contributed by atoms with Crippen molar-refractivity contribution in [3.8, 4) is 0 Å². The molecule has 5 rings (SSSR count). The highest BCUT2D eigenvalue weighted by molar-refractivity contribution is 7.13. The molecule has 2 aliphatic rings. The van der Waals surface area contributed by atoms with Crippen molar-refractivity contribution >= 4 is 62.6 Å². The molecule has 0 radical (unpaired) electrons. The summed E-state index contributed by atoms with van der Waals surface area (Å²) in [5, 5.41) is 37.4. The number of hydrogen-bond donors (Lipinski definition) is 5. The molecule has 0 spiro atoms. The van der Waals surface area contributed by atoms with E-state index >= 15 is 0 Å². The Hall–Kier alpha value is -3.29. The van der Waals surface area contributed by atoms with Gasteiger partial charge in [0.15, 0.2) is 12.2 Å². The number of anilines is 2. The molecule has 1 fully saturated rings. The van der Waals surface area contributed by atoms with Crippen LogP contribution in [0.4, 0.5) is 11.5 Å². The number of carboxylic acids is 2. The molecule has 0 aliphatic carbocycles. The third-order valence-electron chi connectivity index (χ3n) is 6.43. The number of carbonyl (C=O) groups is 3. The summed E-state index contributed by atoms with van der Waals surface area (Å²) < 4.78 is 5.94. The number of amides is 1. The zero-order valence-corrected chi connectivity index (χ0v) is 21.8. The average Bonchev–Trinajstić information content (AvgIpc) is 3.49. The van der Waals surface area contributed by atoms with E-state index in [2.05, 4.69) is 49.8 Å². The Labute approximate surface area is 227 Å². The quantitative estimate of drug-likeness (QED) is 0.286. The number of aliphatic carboxylic acids is 2. The average molecular weight is 563 g/mol. The summed E-state index contributed by atoms with van der Waals surface area (Å²) in [5.41, 5.74) is 3.05. The maximum Gasteiger partial charge on any atom is 0.335 e. The first kappa shape index (κ1) is 27.7. The third-order valence-corrected chi connectivity index (χ3v) is 7.60. The third kappa shape index (κ3) is 6.40. The number of carboxylic acid groups (broad SMARTS) is 2. The van der Waals surface area contributed by atoms with Crippen molar-refractivity contribution in [1.82, 2.24) is 9.27 Å². The van der Waals surface area contributed by atoms with Gasteiger partial charge in [0, 0.05) is 48.8 Å². The number of hydrogen-bond acceptors (Lipinski definition) is 9. The molecule has 202 valence electrons. The number of benzene rings is 2. The van der Waals surface area contributed by atoms with E-state index in [0.717, 1.165) is 66.8 Å². The van der Waals surface area contributed by atoms with Crippen LogP contribution in [0.5, 0.6) is 0 Å². The number of rotatable bonds is 7. The van der Waals surface area contributed by atoms with Crippen LogP contribution >= 0.6 is 23.1 Å². The van der Waals surface area contributed by atoms with Gasteiger partial charge in [0.05, 0.1) is 11.1 Å². The van der Waals surface area contributed by atoms with E-state index in [0.29, 0.717) is 6.42 Å². The van der Waals surface area contributed by atoms with E-state index in [1.807, 2.05) is 6.07 Å². The summed E-state index contributed by atoms with van der Waals surface area (Å²) in [6.07, 6.45) is -3.17. The molecule has 5 N–H and O–H groups in total. The maximum atomic E-state index is 11.6. The van der Waals surface area contributed by atoms with Crippen LogP contribution in [0.25, 0.3) is 10.1 Å². The van der Waals surface area contributed by atoms with Gasteiger partial charge < -0.3 is 30.6 Å². The fourth-order valence-corrected chi connectivity index (χ4v) is 5.38. The molecule has 2 aromatic carbocycles. The topological polar surface area (TPSA) is 164 Å². The highest BCUT2D eigenvalue weighted by Gasteiger charge is 2.29. The number of aromatic nitrogens is 1. The Kier molecular flexibility index (Phi) is 8.80. The number of halogens is 1. The number of nitrogens with one attached hydrogen (secondary N) is 1. The summed E-state index contributed by atoms with van der Waals surface area (Å²) in [6, 6.07) is 12.4. The Morgan fingerprint density at radius 1 is 1.05 bits per heavy atom. The van der Waals surface area contributed by atoms with Crippen LogP contribution in [-0.2, 0) is 27.2 Å². The SMILES string of the molecule is O=C(O)C(O)C(O)C(=O)O.O=C1Cc2cc(CCN3CCN(c4nsc5ccccc45)CC3)c(Cl)cc2N1. The van der Waals surface area contributed by atoms with Crippen molar-refractivity contribution in [1.29, 1.82) is 0 Å². The Morgan fingerprint density at radius 2 is 1.71 bits per heavy atom. The molecule has 2 atom stereocenters. The summed E-state index contributed by atoms with van der Waals surface area (Å²) in [6.45, 7) is 5.00. The standard InChI is InChI=1S/C21H21ClN4OS.C4H6O6/c22-17-13-18-15(12-20(27)23-18)11-14(17)5-6-25-7-9-26(10-8-25)21-16-3-1-2-4-19(16)28-24-21;5-1(3(7)8)2(6)4(9)10/h1-4,11,13H,5-10,12H2,(H,23,27);1-2,5-6H,(H,7,8)(H,9,10). The first-order valence-electron chi connectivity index (χ1n) is 11.9. The lowest BCUT2D eigenvalue weighted by atomic mass is 10.1. The van der Waals surface area contributed by atoms with Crippen molar-refractivity contribution in [3.05, 3.63) is 52.5 Å². The van der Waals surface area contributed by atoms with Crippen LogP contribution in [0.3, 0.4) is 0 Å². The van der Waals surface area contributed by atoms with Crippen LogP contribution in [0, 0.1) is 0 Å². The fraction of sp³-hybridized carbons (Fsp3) is 0.360. The van der Waals surface area contributed by atoms with Gasteiger partial charge in [-0.2, -0.15) is 4.37 Å². The second-order valence-corrected chi connectivity index (χ2v) is 10.2. The van der Waals surface area contributed by atoms with E-state index in [1.54, 1.807) is 11.5 Å². The monoisotopic (exact) mass is 562 g/mol. The Morgan fingerprint density at radius 3 is 2.37 bits per heavy atom. The van der Waals surface area contributed by atoms with Crippen LogP contribution in [-0.4, -0.2) is 92.5 Å². The molecular weight excluding hydrogens is 536 g/mol.